The summed E-state index contributed by atoms with van der Waals surface area (Å²) < 4.78 is 36.5. The Bertz CT molecular complexity index is 331. The molecule has 0 unspecified atom stereocenters. The van der Waals surface area contributed by atoms with Crippen LogP contribution in [0.3, 0.4) is 0 Å². The van der Waals surface area contributed by atoms with Crippen molar-refractivity contribution < 1.29 is 13.2 Å². The molecule has 0 aliphatic carbocycles. The van der Waals surface area contributed by atoms with Crippen molar-refractivity contribution in [1.82, 2.24) is 5.32 Å². The first-order valence-electron chi connectivity index (χ1n) is 5.25. The molecule has 1 aromatic rings. The molecule has 0 radical (unpaired) electrons. The molecular weight excluding hydrogens is 215 g/mol. The lowest BCUT2D eigenvalue weighted by Gasteiger charge is -2.10. The van der Waals surface area contributed by atoms with E-state index in [9.17, 15) is 13.2 Å². The molecule has 16 heavy (non-hydrogen) atoms. The van der Waals surface area contributed by atoms with Crippen molar-refractivity contribution in [3.05, 3.63) is 35.4 Å². The molecule has 1 rings (SSSR count). The SMILES string of the molecule is CC(C)NCc1cccc(CC(F)(F)F)c1. The average molecular weight is 231 g/mol. The van der Waals surface area contributed by atoms with Crippen LogP contribution < -0.4 is 5.32 Å². The third kappa shape index (κ3) is 5.16. The second-order valence-electron chi connectivity index (χ2n) is 4.15. The molecule has 0 aliphatic heterocycles. The Morgan fingerprint density at radius 3 is 2.38 bits per heavy atom. The summed E-state index contributed by atoms with van der Waals surface area (Å²) in [5.41, 5.74) is 1.20. The van der Waals surface area contributed by atoms with Gasteiger partial charge in [0.05, 0.1) is 6.42 Å². The normalized spacial score (nSPS) is 12.1. The monoisotopic (exact) mass is 231 g/mol. The highest BCUT2D eigenvalue weighted by Crippen LogP contribution is 2.21. The second kappa shape index (κ2) is 5.34. The van der Waals surface area contributed by atoms with Crippen LogP contribution in [0.1, 0.15) is 25.0 Å². The first-order chi connectivity index (χ1) is 7.37. The highest BCUT2D eigenvalue weighted by molar-refractivity contribution is 5.24. The summed E-state index contributed by atoms with van der Waals surface area (Å²) in [6.45, 7) is 4.60. The van der Waals surface area contributed by atoms with Crippen molar-refractivity contribution in [2.75, 3.05) is 0 Å². The molecule has 4 heteroatoms. The minimum absolute atomic E-state index is 0.315. The summed E-state index contributed by atoms with van der Waals surface area (Å²) in [6, 6.07) is 6.93. The lowest BCUT2D eigenvalue weighted by molar-refractivity contribution is -0.127. The van der Waals surface area contributed by atoms with Gasteiger partial charge in [-0.3, -0.25) is 0 Å². The van der Waals surface area contributed by atoms with Crippen molar-refractivity contribution in [2.45, 2.75) is 39.0 Å². The van der Waals surface area contributed by atoms with Crippen LogP contribution in [-0.2, 0) is 13.0 Å². The molecule has 1 aromatic carbocycles. The molecule has 0 spiro atoms. The van der Waals surface area contributed by atoms with Gasteiger partial charge < -0.3 is 5.32 Å². The van der Waals surface area contributed by atoms with E-state index in [-0.39, 0.29) is 0 Å². The molecule has 0 bridgehead atoms. The minimum atomic E-state index is -4.13. The van der Waals surface area contributed by atoms with Crippen LogP contribution in [-0.4, -0.2) is 12.2 Å². The van der Waals surface area contributed by atoms with E-state index in [0.29, 0.717) is 18.2 Å². The smallest absolute Gasteiger partial charge is 0.310 e. The minimum Gasteiger partial charge on any atom is -0.310 e. The van der Waals surface area contributed by atoms with E-state index in [1.54, 1.807) is 12.1 Å². The molecule has 1 nitrogen and oxygen atoms in total. The van der Waals surface area contributed by atoms with Crippen LogP contribution in [0.2, 0.25) is 0 Å². The zero-order valence-electron chi connectivity index (χ0n) is 9.43. The van der Waals surface area contributed by atoms with Crippen molar-refractivity contribution in [2.24, 2.45) is 0 Å². The van der Waals surface area contributed by atoms with Gasteiger partial charge >= 0.3 is 6.18 Å². The summed E-state index contributed by atoms with van der Waals surface area (Å²) >= 11 is 0. The van der Waals surface area contributed by atoms with Gasteiger partial charge in [-0.2, -0.15) is 13.2 Å². The molecule has 0 atom stereocenters. The predicted octanol–water partition coefficient (Wildman–Crippen LogP) is 3.29. The van der Waals surface area contributed by atoms with Crippen LogP contribution in [0, 0.1) is 0 Å². The second-order valence-corrected chi connectivity index (χ2v) is 4.15. The van der Waals surface area contributed by atoms with Crippen LogP contribution in [0.15, 0.2) is 24.3 Å². The predicted molar refractivity (Wildman–Crippen MR) is 58.2 cm³/mol. The number of benzene rings is 1. The van der Waals surface area contributed by atoms with Gasteiger partial charge in [0.15, 0.2) is 0 Å². The Labute approximate surface area is 93.7 Å². The van der Waals surface area contributed by atoms with E-state index in [2.05, 4.69) is 5.32 Å². The van der Waals surface area contributed by atoms with Crippen LogP contribution in [0.4, 0.5) is 13.2 Å². The maximum atomic E-state index is 12.2. The van der Waals surface area contributed by atoms with E-state index in [1.165, 1.54) is 6.07 Å². The number of alkyl halides is 3. The van der Waals surface area contributed by atoms with Gasteiger partial charge in [-0.1, -0.05) is 38.1 Å². The standard InChI is InChI=1S/C12H16F3N/c1-9(2)16-8-11-5-3-4-10(6-11)7-12(13,14)15/h3-6,9,16H,7-8H2,1-2H3. The largest absolute Gasteiger partial charge is 0.393 e. The van der Waals surface area contributed by atoms with Crippen LogP contribution in [0.5, 0.6) is 0 Å². The fourth-order valence-electron chi connectivity index (χ4n) is 1.40. The van der Waals surface area contributed by atoms with Crippen molar-refractivity contribution >= 4 is 0 Å². The maximum absolute atomic E-state index is 12.2. The van der Waals surface area contributed by atoms with E-state index in [4.69, 9.17) is 0 Å². The number of hydrogen-bond acceptors (Lipinski definition) is 1. The Balaban J connectivity index is 2.64. The summed E-state index contributed by atoms with van der Waals surface area (Å²) in [7, 11) is 0. The lowest BCUT2D eigenvalue weighted by Crippen LogP contribution is -2.22. The van der Waals surface area contributed by atoms with E-state index >= 15 is 0 Å². The first kappa shape index (κ1) is 13.0. The van der Waals surface area contributed by atoms with Crippen LogP contribution in [0.25, 0.3) is 0 Å². The Morgan fingerprint density at radius 1 is 1.19 bits per heavy atom. The quantitative estimate of drug-likeness (QED) is 0.838. The van der Waals surface area contributed by atoms with Crippen LogP contribution >= 0.6 is 0 Å². The number of nitrogens with one attached hydrogen (secondary N) is 1. The molecule has 0 saturated carbocycles. The highest BCUT2D eigenvalue weighted by Gasteiger charge is 2.27. The highest BCUT2D eigenvalue weighted by atomic mass is 19.4. The molecule has 1 N–H and O–H groups in total. The van der Waals surface area contributed by atoms with E-state index in [0.717, 1.165) is 5.56 Å². The van der Waals surface area contributed by atoms with Gasteiger partial charge in [0.25, 0.3) is 0 Å². The van der Waals surface area contributed by atoms with E-state index in [1.807, 2.05) is 19.9 Å². The number of hydrogen-bond donors (Lipinski definition) is 1. The van der Waals surface area contributed by atoms with Gasteiger partial charge in [-0.15, -0.1) is 0 Å². The molecule has 90 valence electrons. The molecule has 0 heterocycles. The molecule has 0 saturated heterocycles. The lowest BCUT2D eigenvalue weighted by atomic mass is 10.1. The number of halogens is 3. The van der Waals surface area contributed by atoms with Gasteiger partial charge in [0, 0.05) is 12.6 Å². The maximum Gasteiger partial charge on any atom is 0.393 e. The molecule has 0 aliphatic rings. The molecule has 0 amide bonds. The van der Waals surface area contributed by atoms with Gasteiger partial charge in [-0.25, -0.2) is 0 Å². The topological polar surface area (TPSA) is 12.0 Å². The van der Waals surface area contributed by atoms with Gasteiger partial charge in [0.1, 0.15) is 0 Å². The fraction of sp³-hybridized carbons (Fsp3) is 0.500. The summed E-state index contributed by atoms with van der Waals surface area (Å²) in [5, 5.41) is 3.17. The van der Waals surface area contributed by atoms with Crippen molar-refractivity contribution in [3.63, 3.8) is 0 Å². The zero-order chi connectivity index (χ0) is 12.2. The van der Waals surface area contributed by atoms with Gasteiger partial charge in [-0.05, 0) is 11.1 Å². The zero-order valence-corrected chi connectivity index (χ0v) is 9.43. The van der Waals surface area contributed by atoms with Crippen molar-refractivity contribution in [3.8, 4) is 0 Å². The molecular formula is C12H16F3N. The van der Waals surface area contributed by atoms with Gasteiger partial charge in [0.2, 0.25) is 0 Å². The third-order valence-corrected chi connectivity index (χ3v) is 2.11. The Kier molecular flexibility index (Phi) is 4.35. The molecule has 0 fully saturated rings. The third-order valence-electron chi connectivity index (χ3n) is 2.11. The fourth-order valence-corrected chi connectivity index (χ4v) is 1.40. The first-order valence-corrected chi connectivity index (χ1v) is 5.25. The number of rotatable bonds is 4. The molecule has 0 aromatic heterocycles. The van der Waals surface area contributed by atoms with E-state index < -0.39 is 12.6 Å². The summed E-state index contributed by atoms with van der Waals surface area (Å²) in [4.78, 5) is 0. The van der Waals surface area contributed by atoms with Crippen molar-refractivity contribution in [1.29, 1.82) is 0 Å². The summed E-state index contributed by atoms with van der Waals surface area (Å²) in [5.74, 6) is 0. The Hall–Kier alpha value is -1.03. The average Bonchev–Trinajstić information content (AvgIpc) is 2.12. The Morgan fingerprint density at radius 2 is 1.81 bits per heavy atom. The summed E-state index contributed by atoms with van der Waals surface area (Å²) in [6.07, 6.45) is -4.99.